The van der Waals surface area contributed by atoms with Crippen LogP contribution in [0.1, 0.15) is 20.9 Å². The van der Waals surface area contributed by atoms with Gasteiger partial charge in [-0.1, -0.05) is 0 Å². The highest BCUT2D eigenvalue weighted by molar-refractivity contribution is 7.18. The highest BCUT2D eigenvalue weighted by Crippen LogP contribution is 2.27. The van der Waals surface area contributed by atoms with E-state index in [2.05, 4.69) is 31.2 Å². The van der Waals surface area contributed by atoms with Crippen molar-refractivity contribution >= 4 is 38.8 Å². The third kappa shape index (κ3) is 3.51. The Hall–Kier alpha value is -3.68. The Bertz CT molecular complexity index is 1400. The number of hydrogen-bond acceptors (Lipinski definition) is 7. The number of H-pyrrole nitrogens is 1. The van der Waals surface area contributed by atoms with E-state index in [9.17, 15) is 14.9 Å². The van der Waals surface area contributed by atoms with E-state index >= 15 is 0 Å². The minimum atomic E-state index is -0.243. The van der Waals surface area contributed by atoms with E-state index in [0.29, 0.717) is 16.8 Å². The van der Waals surface area contributed by atoms with Crippen molar-refractivity contribution in [2.24, 2.45) is 0 Å². The summed E-state index contributed by atoms with van der Waals surface area (Å²) in [6.45, 7) is 4.35. The SMILES string of the molecule is CNC(=O)c1ccc(N2CCN(Cc3cc4[nH]c(=O)c5c(C#N)ccn5c4s3)CC2)cn1. The number of aromatic amines is 1. The second kappa shape index (κ2) is 8.11. The van der Waals surface area contributed by atoms with Crippen molar-refractivity contribution in [2.75, 3.05) is 38.1 Å². The number of nitrogens with one attached hydrogen (secondary N) is 2. The standard InChI is InChI=1S/C22H21N7O2S/c1-24-20(30)17-3-2-15(12-25-17)28-8-6-27(7-9-28)13-16-10-18-22(32-16)29-5-4-14(11-23)19(29)21(31)26-18/h2-5,10,12H,6-9,13H2,1H3,(H,24,30)(H,26,31). The first-order valence-electron chi connectivity index (χ1n) is 10.3. The lowest BCUT2D eigenvalue weighted by molar-refractivity contribution is 0.0958. The van der Waals surface area contributed by atoms with Crippen LogP contribution in [0.2, 0.25) is 0 Å². The van der Waals surface area contributed by atoms with Crippen LogP contribution in [0.25, 0.3) is 15.9 Å². The fourth-order valence-corrected chi connectivity index (χ4v) is 5.25. The summed E-state index contributed by atoms with van der Waals surface area (Å²) in [5, 5.41) is 11.8. The molecule has 1 amide bonds. The molecule has 9 nitrogen and oxygen atoms in total. The number of pyridine rings is 1. The van der Waals surface area contributed by atoms with E-state index in [1.807, 2.05) is 16.5 Å². The molecule has 5 heterocycles. The number of hydrogen-bond donors (Lipinski definition) is 2. The van der Waals surface area contributed by atoms with Crippen LogP contribution in [0.5, 0.6) is 0 Å². The molecule has 2 N–H and O–H groups in total. The Morgan fingerprint density at radius 3 is 2.78 bits per heavy atom. The molecule has 10 heteroatoms. The van der Waals surface area contributed by atoms with Gasteiger partial charge in [-0.2, -0.15) is 5.26 Å². The van der Waals surface area contributed by atoms with Crippen LogP contribution in [0.15, 0.2) is 41.5 Å². The van der Waals surface area contributed by atoms with Gasteiger partial charge in [0.05, 0.1) is 23.0 Å². The number of aromatic nitrogens is 3. The molecule has 0 spiro atoms. The number of anilines is 1. The molecule has 0 aromatic carbocycles. The van der Waals surface area contributed by atoms with E-state index in [1.165, 1.54) is 4.88 Å². The molecule has 1 aliphatic rings. The minimum absolute atomic E-state index is 0.188. The molecular formula is C22H21N7O2S. The van der Waals surface area contributed by atoms with Crippen molar-refractivity contribution in [2.45, 2.75) is 6.54 Å². The molecule has 0 atom stereocenters. The highest BCUT2D eigenvalue weighted by Gasteiger charge is 2.20. The first-order chi connectivity index (χ1) is 15.6. The molecule has 1 fully saturated rings. The number of piperazine rings is 1. The largest absolute Gasteiger partial charge is 0.368 e. The van der Waals surface area contributed by atoms with Crippen LogP contribution in [0, 0.1) is 11.3 Å². The molecule has 4 aromatic heterocycles. The fraction of sp³-hybridized carbons (Fsp3) is 0.273. The van der Waals surface area contributed by atoms with Gasteiger partial charge in [0.2, 0.25) is 0 Å². The van der Waals surface area contributed by atoms with Crippen LogP contribution < -0.4 is 15.8 Å². The maximum atomic E-state index is 12.4. The summed E-state index contributed by atoms with van der Waals surface area (Å²) in [5.41, 5.74) is 2.77. The summed E-state index contributed by atoms with van der Waals surface area (Å²) < 4.78 is 1.81. The smallest absolute Gasteiger partial charge is 0.274 e. The number of fused-ring (bicyclic) bond motifs is 3. The molecule has 4 aromatic rings. The summed E-state index contributed by atoms with van der Waals surface area (Å²) in [6.07, 6.45) is 3.54. The molecule has 1 aliphatic heterocycles. The van der Waals surface area contributed by atoms with E-state index in [1.54, 1.807) is 42.9 Å². The average molecular weight is 448 g/mol. The van der Waals surface area contributed by atoms with Crippen molar-refractivity contribution in [3.8, 4) is 6.07 Å². The van der Waals surface area contributed by atoms with E-state index in [4.69, 9.17) is 0 Å². The maximum absolute atomic E-state index is 12.4. The second-order valence-electron chi connectivity index (χ2n) is 7.69. The van der Waals surface area contributed by atoms with Crippen molar-refractivity contribution in [3.63, 3.8) is 0 Å². The van der Waals surface area contributed by atoms with Crippen molar-refractivity contribution < 1.29 is 4.79 Å². The molecule has 162 valence electrons. The van der Waals surface area contributed by atoms with Gasteiger partial charge in [0, 0.05) is 50.8 Å². The van der Waals surface area contributed by atoms with Gasteiger partial charge in [-0.3, -0.25) is 14.5 Å². The number of nitrogens with zero attached hydrogens (tertiary/aromatic N) is 5. The summed E-state index contributed by atoms with van der Waals surface area (Å²) in [7, 11) is 1.59. The number of thiophene rings is 1. The molecule has 0 unspecified atom stereocenters. The monoisotopic (exact) mass is 447 g/mol. The lowest BCUT2D eigenvalue weighted by Gasteiger charge is -2.35. The Morgan fingerprint density at radius 1 is 1.28 bits per heavy atom. The molecule has 0 radical (unpaired) electrons. The maximum Gasteiger partial charge on any atom is 0.274 e. The van der Waals surface area contributed by atoms with Crippen LogP contribution >= 0.6 is 11.3 Å². The molecule has 0 bridgehead atoms. The topological polar surface area (TPSA) is 110 Å². The number of carbonyl (C=O) groups is 1. The van der Waals surface area contributed by atoms with E-state index in [0.717, 1.165) is 48.8 Å². The zero-order chi connectivity index (χ0) is 22.2. The third-order valence-corrected chi connectivity index (χ3v) is 6.90. The van der Waals surface area contributed by atoms with Gasteiger partial charge in [0.1, 0.15) is 22.1 Å². The van der Waals surface area contributed by atoms with Crippen LogP contribution in [0.4, 0.5) is 5.69 Å². The summed E-state index contributed by atoms with van der Waals surface area (Å²) in [6, 6.07) is 9.48. The fourth-order valence-electron chi connectivity index (χ4n) is 4.10. The quantitative estimate of drug-likeness (QED) is 0.494. The first-order valence-corrected chi connectivity index (χ1v) is 11.1. The average Bonchev–Trinajstić information content (AvgIpc) is 3.43. The predicted octanol–water partition coefficient (Wildman–Crippen LogP) is 1.79. The van der Waals surface area contributed by atoms with Crippen molar-refractivity contribution in [1.82, 2.24) is 24.6 Å². The molecule has 0 saturated carbocycles. The Balaban J connectivity index is 1.28. The third-order valence-electron chi connectivity index (χ3n) is 5.78. The lowest BCUT2D eigenvalue weighted by Crippen LogP contribution is -2.45. The van der Waals surface area contributed by atoms with Gasteiger partial charge in [-0.05, 0) is 24.3 Å². The zero-order valence-electron chi connectivity index (χ0n) is 17.5. The van der Waals surface area contributed by atoms with Gasteiger partial charge in [0.25, 0.3) is 11.5 Å². The number of carbonyl (C=O) groups excluding carboxylic acids is 1. The van der Waals surface area contributed by atoms with Crippen LogP contribution in [-0.4, -0.2) is 58.4 Å². The molecule has 32 heavy (non-hydrogen) atoms. The minimum Gasteiger partial charge on any atom is -0.368 e. The molecule has 1 saturated heterocycles. The van der Waals surface area contributed by atoms with Crippen molar-refractivity contribution in [1.29, 1.82) is 5.26 Å². The van der Waals surface area contributed by atoms with Gasteiger partial charge >= 0.3 is 0 Å². The summed E-state index contributed by atoms with van der Waals surface area (Å²) in [5.74, 6) is -0.188. The van der Waals surface area contributed by atoms with Crippen LogP contribution in [-0.2, 0) is 6.54 Å². The number of amides is 1. The normalized spacial score (nSPS) is 14.7. The Kier molecular flexibility index (Phi) is 5.13. The number of nitriles is 1. The Morgan fingerprint density at radius 2 is 2.09 bits per heavy atom. The van der Waals surface area contributed by atoms with E-state index < -0.39 is 0 Å². The number of rotatable bonds is 4. The molecule has 5 rings (SSSR count). The highest BCUT2D eigenvalue weighted by atomic mass is 32.1. The van der Waals surface area contributed by atoms with Gasteiger partial charge in [0.15, 0.2) is 0 Å². The van der Waals surface area contributed by atoms with Gasteiger partial charge in [-0.15, -0.1) is 11.3 Å². The summed E-state index contributed by atoms with van der Waals surface area (Å²) in [4.78, 5) is 38.0. The predicted molar refractivity (Wildman–Crippen MR) is 123 cm³/mol. The lowest BCUT2D eigenvalue weighted by atomic mass is 10.2. The van der Waals surface area contributed by atoms with Crippen LogP contribution in [0.3, 0.4) is 0 Å². The van der Waals surface area contributed by atoms with Gasteiger partial charge in [-0.25, -0.2) is 4.98 Å². The van der Waals surface area contributed by atoms with Crippen molar-refractivity contribution in [3.05, 3.63) is 63.1 Å². The first kappa shape index (κ1) is 20.2. The zero-order valence-corrected chi connectivity index (χ0v) is 18.3. The van der Waals surface area contributed by atoms with E-state index in [-0.39, 0.29) is 11.5 Å². The van der Waals surface area contributed by atoms with Gasteiger partial charge < -0.3 is 19.6 Å². The second-order valence-corrected chi connectivity index (χ2v) is 8.80. The summed E-state index contributed by atoms with van der Waals surface area (Å²) >= 11 is 1.64. The molecular weight excluding hydrogens is 426 g/mol. The molecule has 0 aliphatic carbocycles. The Labute approximate surface area is 187 Å².